The van der Waals surface area contributed by atoms with Gasteiger partial charge in [-0.1, -0.05) is 65.2 Å². The largest absolute Gasteiger partial charge is 0.508 e. The number of ether oxygens (including phenoxy) is 2. The molecular formula is C46H36Cl2F3N5O7. The van der Waals surface area contributed by atoms with Crippen molar-refractivity contribution in [3.05, 3.63) is 142 Å². The van der Waals surface area contributed by atoms with Crippen molar-refractivity contribution < 1.29 is 46.9 Å². The predicted octanol–water partition coefficient (Wildman–Crippen LogP) is 9.06. The topological polar surface area (TPSA) is 150 Å². The van der Waals surface area contributed by atoms with Gasteiger partial charge >= 0.3 is 6.18 Å². The van der Waals surface area contributed by atoms with Crippen LogP contribution >= 0.6 is 23.2 Å². The third-order valence-corrected chi connectivity index (χ3v) is 13.1. The van der Waals surface area contributed by atoms with Crippen LogP contribution in [0.5, 0.6) is 17.2 Å². The second kappa shape index (κ2) is 15.6. The van der Waals surface area contributed by atoms with E-state index >= 15 is 9.59 Å². The summed E-state index contributed by atoms with van der Waals surface area (Å²) in [6, 6.07) is 26.0. The molecule has 12 nitrogen and oxygen atoms in total. The quantitative estimate of drug-likeness (QED) is 0.0966. The fourth-order valence-electron chi connectivity index (χ4n) is 9.94. The highest BCUT2D eigenvalue weighted by Gasteiger charge is 2.71. The van der Waals surface area contributed by atoms with Crippen LogP contribution in [0.4, 0.5) is 36.1 Å². The smallest absolute Gasteiger partial charge is 0.417 e. The van der Waals surface area contributed by atoms with E-state index in [0.717, 1.165) is 11.4 Å². The molecule has 5 aromatic rings. The van der Waals surface area contributed by atoms with E-state index in [9.17, 15) is 27.9 Å². The van der Waals surface area contributed by atoms with Gasteiger partial charge in [-0.2, -0.15) is 18.2 Å². The number of carbonyl (C=O) groups excluding carboxylic acids is 4. The van der Waals surface area contributed by atoms with Crippen LogP contribution in [0.1, 0.15) is 35.4 Å². The molecule has 2 saturated heterocycles. The Labute approximate surface area is 368 Å². The molecule has 0 bridgehead atoms. The van der Waals surface area contributed by atoms with E-state index in [-0.39, 0.29) is 35.7 Å². The molecule has 6 unspecified atom stereocenters. The molecule has 2 aliphatic heterocycles. The van der Waals surface area contributed by atoms with Crippen LogP contribution in [0.2, 0.25) is 10.0 Å². The molecular weight excluding hydrogens is 862 g/mol. The van der Waals surface area contributed by atoms with Crippen LogP contribution in [0.3, 0.4) is 0 Å². The van der Waals surface area contributed by atoms with Gasteiger partial charge < -0.3 is 19.9 Å². The van der Waals surface area contributed by atoms with Crippen molar-refractivity contribution in [1.82, 2.24) is 9.99 Å². The number of anilines is 4. The Morgan fingerprint density at radius 3 is 2.10 bits per heavy atom. The van der Waals surface area contributed by atoms with Crippen molar-refractivity contribution in [1.29, 1.82) is 0 Å². The molecule has 4 aromatic carbocycles. The highest BCUT2D eigenvalue weighted by Crippen LogP contribution is 2.66. The van der Waals surface area contributed by atoms with Gasteiger partial charge in [-0.15, -0.1) is 0 Å². The third kappa shape index (κ3) is 6.72. The molecule has 3 N–H and O–H groups in total. The number of halogens is 5. The molecule has 0 radical (unpaired) electrons. The number of hydrazine groups is 1. The van der Waals surface area contributed by atoms with E-state index in [1.165, 1.54) is 31.3 Å². The number of fused-ring (bicyclic) bond motifs is 4. The Bertz CT molecular complexity index is 2690. The first-order valence-electron chi connectivity index (χ1n) is 19.8. The Hall–Kier alpha value is -6.58. The average molecular weight is 899 g/mol. The lowest BCUT2D eigenvalue weighted by Gasteiger charge is -2.51. The Morgan fingerprint density at radius 1 is 0.825 bits per heavy atom. The Morgan fingerprint density at radius 2 is 1.48 bits per heavy atom. The minimum absolute atomic E-state index is 0.0892. The molecule has 63 heavy (non-hydrogen) atoms. The molecule has 17 heteroatoms. The lowest BCUT2D eigenvalue weighted by Crippen LogP contribution is -2.53. The minimum atomic E-state index is -4.78. The molecule has 9 rings (SSSR count). The molecule has 4 aliphatic rings. The maximum atomic E-state index is 15.6. The summed E-state index contributed by atoms with van der Waals surface area (Å²) in [6.07, 6.45) is -2.44. The highest BCUT2D eigenvalue weighted by molar-refractivity contribution is 6.33. The van der Waals surface area contributed by atoms with Gasteiger partial charge in [-0.3, -0.25) is 29.5 Å². The molecule has 4 amide bonds. The van der Waals surface area contributed by atoms with E-state index in [1.54, 1.807) is 48.5 Å². The molecule has 1 saturated carbocycles. The summed E-state index contributed by atoms with van der Waals surface area (Å²) in [7, 11) is 2.72. The van der Waals surface area contributed by atoms with Gasteiger partial charge in [0.1, 0.15) is 17.2 Å². The maximum Gasteiger partial charge on any atom is 0.417 e. The van der Waals surface area contributed by atoms with Gasteiger partial charge in [0.05, 0.1) is 53.7 Å². The molecule has 1 aromatic heterocycles. The van der Waals surface area contributed by atoms with Crippen molar-refractivity contribution >= 4 is 69.7 Å². The number of para-hydroxylation sites is 1. The van der Waals surface area contributed by atoms with Crippen LogP contribution in [-0.4, -0.2) is 52.9 Å². The van der Waals surface area contributed by atoms with Crippen molar-refractivity contribution in [3.63, 3.8) is 0 Å². The number of allylic oxidation sites excluding steroid dienone is 2. The number of rotatable bonds is 9. The number of alkyl halides is 3. The third-order valence-electron chi connectivity index (χ3n) is 12.6. The summed E-state index contributed by atoms with van der Waals surface area (Å²) in [5.74, 6) is -8.07. The summed E-state index contributed by atoms with van der Waals surface area (Å²) >= 11 is 12.7. The maximum absolute atomic E-state index is 15.6. The number of phenolic OH excluding ortho intramolecular Hbond substituents is 1. The number of nitrogens with one attached hydrogen (secondary N) is 2. The standard InChI is InChI=1S/C46H36Cl2F3N5O7/c1-62-35-19-29(57)20-36(63-2)38(35)39-30-16-17-31-37(43(60)55(41(31)58)28-14-12-27(13-15-28)53-26-6-4-3-5-7-26)32(30)21-33-42(59)56(44(61)45(33,39)23-8-10-25(47)11-9-23)54-40-34(48)18-24(22-52-40)46(49,50)51/h3-16,18-20,22,31-33,37,39,53,57H,17,21H2,1-2H3,(H,52,54). The van der Waals surface area contributed by atoms with E-state index in [1.807, 2.05) is 36.4 Å². The first-order chi connectivity index (χ1) is 30.2. The number of aromatic hydroxyl groups is 1. The lowest BCUT2D eigenvalue weighted by molar-refractivity contribution is -0.139. The minimum Gasteiger partial charge on any atom is -0.508 e. The summed E-state index contributed by atoms with van der Waals surface area (Å²) in [4.78, 5) is 65.0. The number of hydrogen-bond acceptors (Lipinski definition) is 10. The zero-order chi connectivity index (χ0) is 44.5. The van der Waals surface area contributed by atoms with E-state index < -0.39 is 81.2 Å². The van der Waals surface area contributed by atoms with Crippen LogP contribution < -0.4 is 25.1 Å². The number of amides is 4. The predicted molar refractivity (Wildman–Crippen MR) is 227 cm³/mol. The normalized spacial score (nSPS) is 24.1. The summed E-state index contributed by atoms with van der Waals surface area (Å²) in [5, 5.41) is 14.6. The zero-order valence-electron chi connectivity index (χ0n) is 33.3. The lowest BCUT2D eigenvalue weighted by atomic mass is 9.49. The number of benzene rings is 4. The second-order valence-electron chi connectivity index (χ2n) is 15.7. The van der Waals surface area contributed by atoms with Gasteiger partial charge in [0.25, 0.3) is 11.8 Å². The van der Waals surface area contributed by atoms with Gasteiger partial charge in [0.2, 0.25) is 11.8 Å². The Kier molecular flexibility index (Phi) is 10.4. The molecule has 322 valence electrons. The summed E-state index contributed by atoms with van der Waals surface area (Å²) in [6.45, 7) is 0. The van der Waals surface area contributed by atoms with Crippen LogP contribution in [0.25, 0.3) is 0 Å². The van der Waals surface area contributed by atoms with E-state index in [4.69, 9.17) is 32.7 Å². The van der Waals surface area contributed by atoms with Crippen molar-refractivity contribution in [2.45, 2.75) is 30.4 Å². The van der Waals surface area contributed by atoms with Gasteiger partial charge in [-0.05, 0) is 78.9 Å². The molecule has 6 atom stereocenters. The van der Waals surface area contributed by atoms with Crippen LogP contribution in [0.15, 0.2) is 115 Å². The molecule has 3 fully saturated rings. The molecule has 2 aliphatic carbocycles. The first-order valence-corrected chi connectivity index (χ1v) is 20.5. The van der Waals surface area contributed by atoms with Crippen molar-refractivity contribution in [2.75, 3.05) is 29.9 Å². The van der Waals surface area contributed by atoms with E-state index in [2.05, 4.69) is 15.7 Å². The van der Waals surface area contributed by atoms with Gasteiger partial charge in [0.15, 0.2) is 5.82 Å². The monoisotopic (exact) mass is 897 g/mol. The number of methoxy groups -OCH3 is 2. The highest BCUT2D eigenvalue weighted by atomic mass is 35.5. The van der Waals surface area contributed by atoms with Gasteiger partial charge in [-0.25, -0.2) is 4.98 Å². The fraction of sp³-hybridized carbons (Fsp3) is 0.239. The Balaban J connectivity index is 1.19. The second-order valence-corrected chi connectivity index (χ2v) is 16.6. The number of nitrogens with zero attached hydrogens (tertiary/aromatic N) is 3. The number of hydrogen-bond donors (Lipinski definition) is 3. The summed E-state index contributed by atoms with van der Waals surface area (Å²) < 4.78 is 52.6. The number of imide groups is 2. The van der Waals surface area contributed by atoms with Crippen LogP contribution in [0, 0.1) is 23.7 Å². The summed E-state index contributed by atoms with van der Waals surface area (Å²) in [5.41, 5.74) is 2.65. The van der Waals surface area contributed by atoms with Crippen LogP contribution in [-0.2, 0) is 30.8 Å². The number of pyridine rings is 1. The molecule has 3 heterocycles. The number of phenols is 1. The first kappa shape index (κ1) is 41.8. The number of aromatic nitrogens is 1. The van der Waals surface area contributed by atoms with Crippen molar-refractivity contribution in [3.8, 4) is 17.2 Å². The average Bonchev–Trinajstić information content (AvgIpc) is 3.65. The van der Waals surface area contributed by atoms with Gasteiger partial charge in [0, 0.05) is 46.2 Å². The molecule has 0 spiro atoms. The van der Waals surface area contributed by atoms with Crippen molar-refractivity contribution in [2.24, 2.45) is 23.7 Å². The zero-order valence-corrected chi connectivity index (χ0v) is 34.8. The van der Waals surface area contributed by atoms with E-state index in [0.29, 0.717) is 39.1 Å². The number of carbonyl (C=O) groups is 4. The SMILES string of the molecule is COc1cc(O)cc(OC)c1C1C2=CCC3C(=O)N(c4ccc(Nc5ccccc5)cc4)C(=O)C3C2CC2C(=O)N(Nc3ncc(C(F)(F)F)cc3Cl)C(=O)C21c1ccc(Cl)cc1. The fourth-order valence-corrected chi connectivity index (χ4v) is 10.3.